The Labute approximate surface area is 137 Å². The molecule has 2 fully saturated rings. The van der Waals surface area contributed by atoms with Gasteiger partial charge in [-0.05, 0) is 50.3 Å². The van der Waals surface area contributed by atoms with Gasteiger partial charge in [-0.3, -0.25) is 10.1 Å². The van der Waals surface area contributed by atoms with Gasteiger partial charge in [0.05, 0.1) is 16.6 Å². The molecule has 2 aliphatic carbocycles. The molecule has 0 radical (unpaired) electrons. The monoisotopic (exact) mass is 337 g/mol. The first-order valence-corrected chi connectivity index (χ1v) is 8.33. The van der Waals surface area contributed by atoms with Gasteiger partial charge in [0.15, 0.2) is 0 Å². The third-order valence-corrected chi connectivity index (χ3v) is 5.17. The molecule has 0 bridgehead atoms. The highest BCUT2D eigenvalue weighted by Crippen LogP contribution is 2.39. The maximum Gasteiger partial charge on any atom is 0.416 e. The molecule has 0 unspecified atom stereocenters. The second kappa shape index (κ2) is 5.50. The normalized spacial score (nSPS) is 19.1. The maximum atomic E-state index is 13.0. The quantitative estimate of drug-likeness (QED) is 0.895. The summed E-state index contributed by atoms with van der Waals surface area (Å²) in [6, 6.07) is 3.67. The average molecular weight is 337 g/mol. The van der Waals surface area contributed by atoms with E-state index in [-0.39, 0.29) is 17.9 Å². The van der Waals surface area contributed by atoms with Crippen LogP contribution in [0.15, 0.2) is 18.2 Å². The van der Waals surface area contributed by atoms with Crippen molar-refractivity contribution in [3.05, 3.63) is 23.8 Å². The molecule has 1 aromatic heterocycles. The molecule has 0 saturated heterocycles. The summed E-state index contributed by atoms with van der Waals surface area (Å²) in [6.45, 7) is 0. The van der Waals surface area contributed by atoms with Gasteiger partial charge < -0.3 is 4.57 Å². The fourth-order valence-electron chi connectivity index (χ4n) is 3.25. The SMILES string of the molecule is O=C(Nc1nc2ccc(C(F)(F)F)cc2n1C1CCC1)C1CCC1. The van der Waals surface area contributed by atoms with Crippen molar-refractivity contribution < 1.29 is 18.0 Å². The first-order chi connectivity index (χ1) is 11.4. The van der Waals surface area contributed by atoms with Gasteiger partial charge >= 0.3 is 6.18 Å². The van der Waals surface area contributed by atoms with Crippen LogP contribution in [0.1, 0.15) is 50.1 Å². The minimum Gasteiger partial charge on any atom is -0.307 e. The number of amides is 1. The Balaban J connectivity index is 1.76. The fraction of sp³-hybridized carbons (Fsp3) is 0.529. The van der Waals surface area contributed by atoms with Crippen LogP contribution < -0.4 is 5.32 Å². The summed E-state index contributed by atoms with van der Waals surface area (Å²) in [5, 5.41) is 2.84. The predicted molar refractivity (Wildman–Crippen MR) is 83.6 cm³/mol. The molecule has 2 aliphatic rings. The molecule has 7 heteroatoms. The Kier molecular flexibility index (Phi) is 3.54. The average Bonchev–Trinajstić information content (AvgIpc) is 2.71. The zero-order chi connectivity index (χ0) is 16.9. The van der Waals surface area contributed by atoms with Crippen LogP contribution in [0.2, 0.25) is 0 Å². The number of carbonyl (C=O) groups is 1. The van der Waals surface area contributed by atoms with E-state index in [1.54, 1.807) is 4.57 Å². The number of nitrogens with one attached hydrogen (secondary N) is 1. The van der Waals surface area contributed by atoms with Gasteiger partial charge in [0.25, 0.3) is 0 Å². The summed E-state index contributed by atoms with van der Waals surface area (Å²) >= 11 is 0. The number of hydrogen-bond acceptors (Lipinski definition) is 2. The number of aromatic nitrogens is 2. The second-order valence-corrected chi connectivity index (χ2v) is 6.71. The molecule has 1 N–H and O–H groups in total. The van der Waals surface area contributed by atoms with Gasteiger partial charge in [-0.1, -0.05) is 6.42 Å². The molecule has 0 aliphatic heterocycles. The van der Waals surface area contributed by atoms with Crippen molar-refractivity contribution >= 4 is 22.9 Å². The Hall–Kier alpha value is -2.05. The molecule has 128 valence electrons. The number of carbonyl (C=O) groups excluding carboxylic acids is 1. The van der Waals surface area contributed by atoms with Gasteiger partial charge in [-0.2, -0.15) is 13.2 Å². The van der Waals surface area contributed by atoms with Crippen molar-refractivity contribution in [2.24, 2.45) is 5.92 Å². The summed E-state index contributed by atoms with van der Waals surface area (Å²) in [6.07, 6.45) is 1.23. The molecular formula is C17H18F3N3O. The predicted octanol–water partition coefficient (Wildman–Crippen LogP) is 4.52. The van der Waals surface area contributed by atoms with E-state index in [2.05, 4.69) is 10.3 Å². The highest BCUT2D eigenvalue weighted by Gasteiger charge is 2.33. The Morgan fingerprint density at radius 3 is 2.42 bits per heavy atom. The van der Waals surface area contributed by atoms with Crippen molar-refractivity contribution in [2.45, 2.75) is 50.7 Å². The first kappa shape index (κ1) is 15.5. The summed E-state index contributed by atoms with van der Waals surface area (Å²) in [5.41, 5.74) is 0.240. The maximum absolute atomic E-state index is 13.0. The molecular weight excluding hydrogens is 319 g/mol. The minimum absolute atomic E-state index is 0.00499. The largest absolute Gasteiger partial charge is 0.416 e. The highest BCUT2D eigenvalue weighted by atomic mass is 19.4. The number of fused-ring (bicyclic) bond motifs is 1. The van der Waals surface area contributed by atoms with Crippen LogP contribution in [0.5, 0.6) is 0 Å². The third-order valence-electron chi connectivity index (χ3n) is 5.17. The summed E-state index contributed by atoms with van der Waals surface area (Å²) in [7, 11) is 0. The lowest BCUT2D eigenvalue weighted by Crippen LogP contribution is -2.30. The molecule has 1 aromatic carbocycles. The van der Waals surface area contributed by atoms with Crippen LogP contribution in [0.3, 0.4) is 0 Å². The van der Waals surface area contributed by atoms with E-state index >= 15 is 0 Å². The van der Waals surface area contributed by atoms with Gasteiger partial charge in [0.2, 0.25) is 11.9 Å². The van der Waals surface area contributed by atoms with E-state index in [4.69, 9.17) is 0 Å². The van der Waals surface area contributed by atoms with E-state index in [1.807, 2.05) is 0 Å². The van der Waals surface area contributed by atoms with E-state index in [9.17, 15) is 18.0 Å². The van der Waals surface area contributed by atoms with E-state index in [0.717, 1.165) is 50.7 Å². The number of imidazole rings is 1. The van der Waals surface area contributed by atoms with E-state index in [0.29, 0.717) is 17.0 Å². The number of alkyl halides is 3. The molecule has 2 aromatic rings. The Morgan fingerprint density at radius 1 is 1.17 bits per heavy atom. The van der Waals surface area contributed by atoms with E-state index < -0.39 is 11.7 Å². The van der Waals surface area contributed by atoms with Crippen molar-refractivity contribution in [2.75, 3.05) is 5.32 Å². The Bertz CT molecular complexity index is 788. The number of benzene rings is 1. The van der Waals surface area contributed by atoms with Crippen molar-refractivity contribution in [1.82, 2.24) is 9.55 Å². The number of halogens is 3. The third kappa shape index (κ3) is 2.56. The molecule has 4 nitrogen and oxygen atoms in total. The van der Waals surface area contributed by atoms with Crippen LogP contribution in [-0.4, -0.2) is 15.5 Å². The van der Waals surface area contributed by atoms with Gasteiger partial charge in [0.1, 0.15) is 0 Å². The number of hydrogen-bond donors (Lipinski definition) is 1. The molecule has 0 spiro atoms. The molecule has 2 saturated carbocycles. The van der Waals surface area contributed by atoms with Crippen LogP contribution in [-0.2, 0) is 11.0 Å². The van der Waals surface area contributed by atoms with Crippen molar-refractivity contribution in [1.29, 1.82) is 0 Å². The summed E-state index contributed by atoms with van der Waals surface area (Å²) in [5.74, 6) is 0.310. The molecule has 1 heterocycles. The topological polar surface area (TPSA) is 46.9 Å². The second-order valence-electron chi connectivity index (χ2n) is 6.71. The minimum atomic E-state index is -4.39. The van der Waals surface area contributed by atoms with E-state index in [1.165, 1.54) is 6.07 Å². The molecule has 0 atom stereocenters. The zero-order valence-electron chi connectivity index (χ0n) is 13.1. The van der Waals surface area contributed by atoms with Gasteiger partial charge in [-0.25, -0.2) is 4.98 Å². The first-order valence-electron chi connectivity index (χ1n) is 8.33. The van der Waals surface area contributed by atoms with Gasteiger partial charge in [0, 0.05) is 12.0 Å². The molecule has 1 amide bonds. The number of nitrogens with zero attached hydrogens (tertiary/aromatic N) is 2. The Morgan fingerprint density at radius 2 is 1.88 bits per heavy atom. The summed E-state index contributed by atoms with van der Waals surface area (Å²) < 4.78 is 40.8. The van der Waals surface area contributed by atoms with Crippen LogP contribution in [0.25, 0.3) is 11.0 Å². The standard InChI is InChI=1S/C17H18F3N3O/c18-17(19,20)11-7-8-13-14(9-11)23(12-5-2-6-12)16(21-13)22-15(24)10-3-1-4-10/h7-10,12H,1-6H2,(H,21,22,24). The highest BCUT2D eigenvalue weighted by molar-refractivity contribution is 5.93. The van der Waals surface area contributed by atoms with Gasteiger partial charge in [-0.15, -0.1) is 0 Å². The lowest BCUT2D eigenvalue weighted by atomic mass is 9.85. The summed E-state index contributed by atoms with van der Waals surface area (Å²) in [4.78, 5) is 16.6. The lowest BCUT2D eigenvalue weighted by molar-refractivity contribution is -0.137. The van der Waals surface area contributed by atoms with Crippen LogP contribution in [0, 0.1) is 5.92 Å². The number of rotatable bonds is 3. The fourth-order valence-corrected chi connectivity index (χ4v) is 3.25. The van der Waals surface area contributed by atoms with Crippen LogP contribution >= 0.6 is 0 Å². The van der Waals surface area contributed by atoms with Crippen LogP contribution in [0.4, 0.5) is 19.1 Å². The molecule has 24 heavy (non-hydrogen) atoms. The number of anilines is 1. The lowest BCUT2D eigenvalue weighted by Gasteiger charge is -2.30. The zero-order valence-corrected chi connectivity index (χ0v) is 13.1. The van der Waals surface area contributed by atoms with Crippen molar-refractivity contribution in [3.63, 3.8) is 0 Å². The molecule has 4 rings (SSSR count). The van der Waals surface area contributed by atoms with Crippen molar-refractivity contribution in [3.8, 4) is 0 Å². The smallest absolute Gasteiger partial charge is 0.307 e.